The highest BCUT2D eigenvalue weighted by Crippen LogP contribution is 2.24. The van der Waals surface area contributed by atoms with E-state index < -0.39 is 0 Å². The van der Waals surface area contributed by atoms with Gasteiger partial charge >= 0.3 is 0 Å². The van der Waals surface area contributed by atoms with Gasteiger partial charge in [0.05, 0.1) is 36.5 Å². The van der Waals surface area contributed by atoms with Gasteiger partial charge in [-0.2, -0.15) is 10.5 Å². The van der Waals surface area contributed by atoms with Crippen LogP contribution >= 0.6 is 0 Å². The minimum atomic E-state index is 0.569. The third kappa shape index (κ3) is 5.79. The molecular formula is C29H22N2O2. The predicted octanol–water partition coefficient (Wildman–Crippen LogP) is 6.61. The highest BCUT2D eigenvalue weighted by molar-refractivity contribution is 5.65. The third-order valence-electron chi connectivity index (χ3n) is 5.23. The summed E-state index contributed by atoms with van der Waals surface area (Å²) < 4.78 is 11.6. The first-order valence-electron chi connectivity index (χ1n) is 10.7. The number of rotatable bonds is 8. The monoisotopic (exact) mass is 430 g/mol. The van der Waals surface area contributed by atoms with Crippen LogP contribution < -0.4 is 9.47 Å². The summed E-state index contributed by atoms with van der Waals surface area (Å²) in [5.74, 6) is 1.64. The zero-order valence-electron chi connectivity index (χ0n) is 18.1. The Morgan fingerprint density at radius 1 is 0.455 bits per heavy atom. The number of benzene rings is 4. The highest BCUT2D eigenvalue weighted by atomic mass is 16.5. The predicted molar refractivity (Wildman–Crippen MR) is 129 cm³/mol. The van der Waals surface area contributed by atoms with Crippen molar-refractivity contribution in [3.05, 3.63) is 108 Å². The molecule has 4 rings (SSSR count). The summed E-state index contributed by atoms with van der Waals surface area (Å²) >= 11 is 0. The van der Waals surface area contributed by atoms with Crippen molar-refractivity contribution in [2.24, 2.45) is 0 Å². The van der Waals surface area contributed by atoms with Gasteiger partial charge in [-0.05, 0) is 70.8 Å². The molecule has 0 heterocycles. The number of nitriles is 2. The van der Waals surface area contributed by atoms with E-state index in [-0.39, 0.29) is 0 Å². The van der Waals surface area contributed by atoms with E-state index in [0.29, 0.717) is 24.3 Å². The Bertz CT molecular complexity index is 1160. The summed E-state index contributed by atoms with van der Waals surface area (Å²) in [6.07, 6.45) is 0.773. The molecule has 0 unspecified atom stereocenters. The Kier molecular flexibility index (Phi) is 7.01. The van der Waals surface area contributed by atoms with Crippen LogP contribution in [0.5, 0.6) is 11.5 Å². The maximum atomic E-state index is 8.91. The minimum absolute atomic E-state index is 0.569. The average molecular weight is 431 g/mol. The van der Waals surface area contributed by atoms with E-state index in [0.717, 1.165) is 40.2 Å². The average Bonchev–Trinajstić information content (AvgIpc) is 2.89. The van der Waals surface area contributed by atoms with Crippen LogP contribution in [0, 0.1) is 22.7 Å². The van der Waals surface area contributed by atoms with E-state index in [1.807, 2.05) is 97.1 Å². The molecule has 0 aliphatic rings. The third-order valence-corrected chi connectivity index (χ3v) is 5.23. The van der Waals surface area contributed by atoms with Gasteiger partial charge in [0.25, 0.3) is 0 Å². The molecule has 4 heteroatoms. The summed E-state index contributed by atoms with van der Waals surface area (Å²) in [4.78, 5) is 0. The summed E-state index contributed by atoms with van der Waals surface area (Å²) in [6, 6.07) is 35.2. The lowest BCUT2D eigenvalue weighted by Gasteiger charge is -2.09. The van der Waals surface area contributed by atoms with Gasteiger partial charge in [-0.15, -0.1) is 0 Å². The molecule has 0 saturated carbocycles. The maximum Gasteiger partial charge on any atom is 0.119 e. The molecule has 0 aromatic heterocycles. The van der Waals surface area contributed by atoms with E-state index in [1.54, 1.807) is 0 Å². The molecule has 0 amide bonds. The molecule has 0 saturated heterocycles. The fraction of sp³-hybridized carbons (Fsp3) is 0.103. The van der Waals surface area contributed by atoms with Gasteiger partial charge in [0.15, 0.2) is 0 Å². The first-order valence-corrected chi connectivity index (χ1v) is 10.7. The van der Waals surface area contributed by atoms with Crippen LogP contribution in [-0.4, -0.2) is 13.2 Å². The van der Waals surface area contributed by atoms with Gasteiger partial charge < -0.3 is 9.47 Å². The normalized spacial score (nSPS) is 10.1. The number of hydrogen-bond donors (Lipinski definition) is 0. The van der Waals surface area contributed by atoms with Crippen LogP contribution in [0.2, 0.25) is 0 Å². The van der Waals surface area contributed by atoms with Crippen LogP contribution in [0.25, 0.3) is 22.3 Å². The van der Waals surface area contributed by atoms with Gasteiger partial charge in [0.2, 0.25) is 0 Å². The van der Waals surface area contributed by atoms with Crippen molar-refractivity contribution in [3.8, 4) is 45.9 Å². The minimum Gasteiger partial charge on any atom is -0.493 e. The first-order chi connectivity index (χ1) is 16.2. The van der Waals surface area contributed by atoms with E-state index in [9.17, 15) is 0 Å². The Hall–Kier alpha value is -4.54. The lowest BCUT2D eigenvalue weighted by molar-refractivity contribution is 0.247. The van der Waals surface area contributed by atoms with Gasteiger partial charge in [-0.3, -0.25) is 0 Å². The summed E-state index contributed by atoms with van der Waals surface area (Å²) in [7, 11) is 0. The summed E-state index contributed by atoms with van der Waals surface area (Å²) in [6.45, 7) is 1.14. The van der Waals surface area contributed by atoms with Crippen molar-refractivity contribution in [2.45, 2.75) is 6.42 Å². The van der Waals surface area contributed by atoms with Gasteiger partial charge in [0, 0.05) is 6.42 Å². The number of hydrogen-bond acceptors (Lipinski definition) is 4. The molecule has 0 fully saturated rings. The fourth-order valence-corrected chi connectivity index (χ4v) is 3.40. The molecule has 0 bridgehead atoms. The molecule has 160 valence electrons. The van der Waals surface area contributed by atoms with Crippen LogP contribution in [0.3, 0.4) is 0 Å². The lowest BCUT2D eigenvalue weighted by atomic mass is 10.0. The van der Waals surface area contributed by atoms with Crippen molar-refractivity contribution in [1.82, 2.24) is 0 Å². The van der Waals surface area contributed by atoms with Crippen molar-refractivity contribution in [2.75, 3.05) is 13.2 Å². The SMILES string of the molecule is N#Cc1ccc(-c2ccc(OCCCOc3ccc(-c4ccc(C#N)cc4)cc3)cc2)cc1. The van der Waals surface area contributed by atoms with Crippen LogP contribution in [-0.2, 0) is 0 Å². The Balaban J connectivity index is 1.21. The summed E-state index contributed by atoms with van der Waals surface area (Å²) in [5, 5.41) is 17.8. The van der Waals surface area contributed by atoms with Crippen molar-refractivity contribution in [1.29, 1.82) is 10.5 Å². The zero-order chi connectivity index (χ0) is 22.9. The second kappa shape index (κ2) is 10.7. The molecule has 0 atom stereocenters. The first kappa shape index (κ1) is 21.7. The molecule has 0 aliphatic heterocycles. The summed E-state index contributed by atoms with van der Waals surface area (Å²) in [5.41, 5.74) is 5.61. The molecule has 4 nitrogen and oxygen atoms in total. The van der Waals surface area contributed by atoms with E-state index >= 15 is 0 Å². The van der Waals surface area contributed by atoms with Crippen molar-refractivity contribution >= 4 is 0 Å². The highest BCUT2D eigenvalue weighted by Gasteiger charge is 2.02. The molecule has 4 aromatic rings. The Labute approximate surface area is 193 Å². The molecule has 0 N–H and O–H groups in total. The van der Waals surface area contributed by atoms with E-state index in [1.165, 1.54) is 0 Å². The van der Waals surface area contributed by atoms with Gasteiger partial charge in [0.1, 0.15) is 11.5 Å². The van der Waals surface area contributed by atoms with Crippen LogP contribution in [0.15, 0.2) is 97.1 Å². The molecule has 0 radical (unpaired) electrons. The second-order valence-electron chi connectivity index (χ2n) is 7.48. The smallest absolute Gasteiger partial charge is 0.119 e. The van der Waals surface area contributed by atoms with Gasteiger partial charge in [-0.25, -0.2) is 0 Å². The van der Waals surface area contributed by atoms with E-state index in [4.69, 9.17) is 20.0 Å². The molecular weight excluding hydrogens is 408 g/mol. The number of nitrogens with zero attached hydrogens (tertiary/aromatic N) is 2. The van der Waals surface area contributed by atoms with E-state index in [2.05, 4.69) is 12.1 Å². The zero-order valence-corrected chi connectivity index (χ0v) is 18.1. The topological polar surface area (TPSA) is 66.0 Å². The molecule has 0 aliphatic carbocycles. The quantitative estimate of drug-likeness (QED) is 0.295. The van der Waals surface area contributed by atoms with Crippen molar-refractivity contribution < 1.29 is 9.47 Å². The second-order valence-corrected chi connectivity index (χ2v) is 7.48. The molecule has 33 heavy (non-hydrogen) atoms. The van der Waals surface area contributed by atoms with Crippen LogP contribution in [0.1, 0.15) is 17.5 Å². The molecule has 4 aromatic carbocycles. The fourth-order valence-electron chi connectivity index (χ4n) is 3.40. The maximum absolute atomic E-state index is 8.91. The van der Waals surface area contributed by atoms with Gasteiger partial charge in [-0.1, -0.05) is 48.5 Å². The molecule has 0 spiro atoms. The van der Waals surface area contributed by atoms with Crippen LogP contribution in [0.4, 0.5) is 0 Å². The van der Waals surface area contributed by atoms with Crippen molar-refractivity contribution in [3.63, 3.8) is 0 Å². The lowest BCUT2D eigenvalue weighted by Crippen LogP contribution is -2.04. The Morgan fingerprint density at radius 3 is 1.06 bits per heavy atom. The standard InChI is InChI=1S/C29H22N2O2/c30-20-22-2-6-24(7-3-22)26-10-14-28(15-11-26)32-18-1-19-33-29-16-12-27(13-17-29)25-8-4-23(21-31)5-9-25/h2-17H,1,18-19H2. The largest absolute Gasteiger partial charge is 0.493 e. The Morgan fingerprint density at radius 2 is 0.758 bits per heavy atom. The number of ether oxygens (including phenoxy) is 2.